The molecule has 2 saturated heterocycles. The molecule has 94 valence electrons. The molecule has 0 aliphatic carbocycles. The zero-order chi connectivity index (χ0) is 11.6. The molecule has 0 spiro atoms. The lowest BCUT2D eigenvalue weighted by Gasteiger charge is -2.27. The van der Waals surface area contributed by atoms with Gasteiger partial charge >= 0.3 is 0 Å². The van der Waals surface area contributed by atoms with E-state index in [1.807, 2.05) is 6.92 Å². The van der Waals surface area contributed by atoms with E-state index in [2.05, 4.69) is 5.32 Å². The lowest BCUT2D eigenvalue weighted by atomic mass is 10.0. The fraction of sp³-hybridized carbons (Fsp3) is 1.00. The summed E-state index contributed by atoms with van der Waals surface area (Å²) in [6.45, 7) is 4.69. The van der Waals surface area contributed by atoms with Gasteiger partial charge in [-0.25, -0.2) is 8.42 Å². The number of rotatable bonds is 3. The molecule has 0 aromatic carbocycles. The van der Waals surface area contributed by atoms with Crippen LogP contribution in [-0.2, 0) is 10.0 Å². The van der Waals surface area contributed by atoms with Gasteiger partial charge in [-0.1, -0.05) is 0 Å². The molecule has 2 fully saturated rings. The minimum absolute atomic E-state index is 0.215. The van der Waals surface area contributed by atoms with Gasteiger partial charge in [0, 0.05) is 12.6 Å². The van der Waals surface area contributed by atoms with Crippen molar-refractivity contribution in [1.82, 2.24) is 9.62 Å². The summed E-state index contributed by atoms with van der Waals surface area (Å²) in [4.78, 5) is 0. The lowest BCUT2D eigenvalue weighted by molar-refractivity contribution is 0.373. The van der Waals surface area contributed by atoms with Crippen molar-refractivity contribution in [2.45, 2.75) is 38.6 Å². The number of piperidine rings is 1. The molecule has 2 rings (SSSR count). The van der Waals surface area contributed by atoms with Gasteiger partial charge in [0.05, 0.1) is 5.75 Å². The predicted molar refractivity (Wildman–Crippen MR) is 64.8 cm³/mol. The van der Waals surface area contributed by atoms with Crippen LogP contribution in [0.4, 0.5) is 0 Å². The number of nitrogens with zero attached hydrogens (tertiary/aromatic N) is 1. The molecule has 2 heterocycles. The van der Waals surface area contributed by atoms with Crippen LogP contribution in [0.5, 0.6) is 0 Å². The highest BCUT2D eigenvalue weighted by Crippen LogP contribution is 2.24. The standard InChI is InChI=1S/C11H22N2O2S/c1-10-3-2-8-13(10)16(14,15)9-11-4-6-12-7-5-11/h10-12H,2-9H2,1H3. The molecule has 4 nitrogen and oxygen atoms in total. The maximum Gasteiger partial charge on any atom is 0.214 e. The Morgan fingerprint density at radius 1 is 1.25 bits per heavy atom. The lowest BCUT2D eigenvalue weighted by Crippen LogP contribution is -2.39. The molecule has 5 heteroatoms. The molecular formula is C11H22N2O2S. The average Bonchev–Trinajstić information content (AvgIpc) is 2.66. The molecule has 16 heavy (non-hydrogen) atoms. The molecule has 1 atom stereocenters. The largest absolute Gasteiger partial charge is 0.317 e. The number of nitrogens with one attached hydrogen (secondary N) is 1. The Hall–Kier alpha value is -0.130. The van der Waals surface area contributed by atoms with E-state index in [1.54, 1.807) is 4.31 Å². The molecule has 0 bridgehead atoms. The molecule has 1 unspecified atom stereocenters. The zero-order valence-corrected chi connectivity index (χ0v) is 10.8. The van der Waals surface area contributed by atoms with Crippen LogP contribution in [0.15, 0.2) is 0 Å². The van der Waals surface area contributed by atoms with Gasteiger partial charge in [0.25, 0.3) is 0 Å². The van der Waals surface area contributed by atoms with Crippen LogP contribution in [-0.4, -0.2) is 44.2 Å². The van der Waals surface area contributed by atoms with Crippen molar-refractivity contribution < 1.29 is 8.42 Å². The first-order valence-electron chi connectivity index (χ1n) is 6.30. The average molecular weight is 246 g/mol. The molecule has 0 aromatic rings. The van der Waals surface area contributed by atoms with Crippen LogP contribution in [0.3, 0.4) is 0 Å². The van der Waals surface area contributed by atoms with Gasteiger partial charge in [-0.15, -0.1) is 0 Å². The van der Waals surface area contributed by atoms with Gasteiger partial charge in [0.1, 0.15) is 0 Å². The van der Waals surface area contributed by atoms with Gasteiger partial charge in [-0.3, -0.25) is 0 Å². The van der Waals surface area contributed by atoms with Gasteiger partial charge < -0.3 is 5.32 Å². The molecule has 0 saturated carbocycles. The van der Waals surface area contributed by atoms with E-state index >= 15 is 0 Å². The summed E-state index contributed by atoms with van der Waals surface area (Å²) < 4.78 is 26.2. The first-order chi connectivity index (χ1) is 7.59. The maximum absolute atomic E-state index is 12.2. The number of hydrogen-bond donors (Lipinski definition) is 1. The summed E-state index contributed by atoms with van der Waals surface area (Å²) in [6.07, 6.45) is 4.04. The van der Waals surface area contributed by atoms with Crippen LogP contribution < -0.4 is 5.32 Å². The molecule has 0 aromatic heterocycles. The molecule has 2 aliphatic rings. The van der Waals surface area contributed by atoms with Gasteiger partial charge in [0.2, 0.25) is 10.0 Å². The van der Waals surface area contributed by atoms with Gasteiger partial charge in [-0.2, -0.15) is 4.31 Å². The molecule has 0 radical (unpaired) electrons. The SMILES string of the molecule is CC1CCCN1S(=O)(=O)CC1CCNCC1. The Morgan fingerprint density at radius 3 is 2.50 bits per heavy atom. The molecule has 0 amide bonds. The van der Waals surface area contributed by atoms with Crippen LogP contribution in [0, 0.1) is 5.92 Å². The van der Waals surface area contributed by atoms with Crippen molar-refractivity contribution in [2.24, 2.45) is 5.92 Å². The van der Waals surface area contributed by atoms with E-state index in [4.69, 9.17) is 0 Å². The Balaban J connectivity index is 1.96. The third-order valence-corrected chi connectivity index (χ3v) is 5.90. The maximum atomic E-state index is 12.2. The second-order valence-corrected chi connectivity index (χ2v) is 7.04. The monoisotopic (exact) mass is 246 g/mol. The van der Waals surface area contributed by atoms with Crippen molar-refractivity contribution in [3.8, 4) is 0 Å². The van der Waals surface area contributed by atoms with Crippen LogP contribution in [0.2, 0.25) is 0 Å². The zero-order valence-electron chi connectivity index (χ0n) is 9.98. The minimum Gasteiger partial charge on any atom is -0.317 e. The topological polar surface area (TPSA) is 49.4 Å². The van der Waals surface area contributed by atoms with E-state index in [1.165, 1.54) is 0 Å². The summed E-state index contributed by atoms with van der Waals surface area (Å²) in [7, 11) is -3.00. The Kier molecular flexibility index (Phi) is 3.87. The summed E-state index contributed by atoms with van der Waals surface area (Å²) in [5.41, 5.74) is 0. The quantitative estimate of drug-likeness (QED) is 0.801. The third-order valence-electron chi connectivity index (χ3n) is 3.75. The van der Waals surface area contributed by atoms with E-state index < -0.39 is 10.0 Å². The van der Waals surface area contributed by atoms with Gasteiger partial charge in [0.15, 0.2) is 0 Å². The smallest absolute Gasteiger partial charge is 0.214 e. The van der Waals surface area contributed by atoms with Crippen LogP contribution in [0.1, 0.15) is 32.6 Å². The first kappa shape index (κ1) is 12.3. The highest BCUT2D eigenvalue weighted by Gasteiger charge is 2.33. The number of sulfonamides is 1. The summed E-state index contributed by atoms with van der Waals surface area (Å²) in [6, 6.07) is 0.215. The van der Waals surface area contributed by atoms with E-state index in [-0.39, 0.29) is 6.04 Å². The van der Waals surface area contributed by atoms with Crippen molar-refractivity contribution in [1.29, 1.82) is 0 Å². The second-order valence-electron chi connectivity index (χ2n) is 5.07. The Labute approximate surface area is 98.4 Å². The highest BCUT2D eigenvalue weighted by molar-refractivity contribution is 7.89. The Bertz CT molecular complexity index is 323. The predicted octanol–water partition coefficient (Wildman–Crippen LogP) is 0.800. The fourth-order valence-corrected chi connectivity index (χ4v) is 4.94. The van der Waals surface area contributed by atoms with Crippen molar-refractivity contribution in [3.63, 3.8) is 0 Å². The Morgan fingerprint density at radius 2 is 1.94 bits per heavy atom. The first-order valence-corrected chi connectivity index (χ1v) is 7.91. The fourth-order valence-electron chi connectivity index (χ4n) is 2.76. The number of hydrogen-bond acceptors (Lipinski definition) is 3. The summed E-state index contributed by atoms with van der Waals surface area (Å²) >= 11 is 0. The second kappa shape index (κ2) is 5.02. The molecule has 2 aliphatic heterocycles. The van der Waals surface area contributed by atoms with Gasteiger partial charge in [-0.05, 0) is 51.6 Å². The van der Waals surface area contributed by atoms with E-state index in [0.29, 0.717) is 11.7 Å². The van der Waals surface area contributed by atoms with Crippen LogP contribution >= 0.6 is 0 Å². The van der Waals surface area contributed by atoms with Crippen molar-refractivity contribution in [2.75, 3.05) is 25.4 Å². The van der Waals surface area contributed by atoms with Crippen molar-refractivity contribution in [3.05, 3.63) is 0 Å². The molecular weight excluding hydrogens is 224 g/mol. The van der Waals surface area contributed by atoms with E-state index in [9.17, 15) is 8.42 Å². The summed E-state index contributed by atoms with van der Waals surface area (Å²) in [5.74, 6) is 0.720. The summed E-state index contributed by atoms with van der Waals surface area (Å²) in [5, 5.41) is 3.27. The normalized spacial score (nSPS) is 29.7. The third kappa shape index (κ3) is 2.76. The van der Waals surface area contributed by atoms with Crippen LogP contribution in [0.25, 0.3) is 0 Å². The minimum atomic E-state index is -3.00. The van der Waals surface area contributed by atoms with E-state index in [0.717, 1.165) is 45.3 Å². The van der Waals surface area contributed by atoms with Crippen molar-refractivity contribution >= 4 is 10.0 Å². The molecule has 1 N–H and O–H groups in total. The highest BCUT2D eigenvalue weighted by atomic mass is 32.2.